The molecule has 4 nitrogen and oxygen atoms in total. The lowest BCUT2D eigenvalue weighted by atomic mass is 9.82. The minimum absolute atomic E-state index is 0.292. The van der Waals surface area contributed by atoms with E-state index in [2.05, 4.69) is 27.7 Å². The second kappa shape index (κ2) is 15.6. The quantitative estimate of drug-likeness (QED) is 0.233. The largest absolute Gasteiger partial charge is 0.396 e. The van der Waals surface area contributed by atoms with Crippen LogP contribution in [0.3, 0.4) is 0 Å². The van der Waals surface area contributed by atoms with Crippen molar-refractivity contribution >= 4 is 9.84 Å². The lowest BCUT2D eigenvalue weighted by Gasteiger charge is -2.25. The number of aliphatic hydroxyl groups is 1. The zero-order valence-corrected chi connectivity index (χ0v) is 20.9. The maximum atomic E-state index is 11.2. The molecule has 0 radical (unpaired) electrons. The van der Waals surface area contributed by atoms with E-state index in [0.717, 1.165) is 58.2 Å². The van der Waals surface area contributed by atoms with E-state index in [-0.39, 0.29) is 0 Å². The first-order valence-corrected chi connectivity index (χ1v) is 13.9. The van der Waals surface area contributed by atoms with Gasteiger partial charge in [0, 0.05) is 31.8 Å². The standard InChI is InChI=1S/C24H50O4S/c1-23(2,15-7-6-11-19-25)16-8-12-20-28-21-13-9-17-24(3,4)18-10-14-22-29(5,26)27/h25H,6-22H2,1-5H3. The zero-order chi connectivity index (χ0) is 22.2. The van der Waals surface area contributed by atoms with Crippen molar-refractivity contribution in [3.63, 3.8) is 0 Å². The summed E-state index contributed by atoms with van der Waals surface area (Å²) in [6, 6.07) is 0. The van der Waals surface area contributed by atoms with Gasteiger partial charge in [0.25, 0.3) is 0 Å². The molecular weight excluding hydrogens is 384 g/mol. The van der Waals surface area contributed by atoms with Crippen LogP contribution in [0.2, 0.25) is 0 Å². The van der Waals surface area contributed by atoms with Gasteiger partial charge < -0.3 is 9.84 Å². The van der Waals surface area contributed by atoms with E-state index >= 15 is 0 Å². The Morgan fingerprint density at radius 1 is 0.655 bits per heavy atom. The average Bonchev–Trinajstić information content (AvgIpc) is 2.60. The van der Waals surface area contributed by atoms with Gasteiger partial charge in [-0.1, -0.05) is 59.8 Å². The molecule has 0 unspecified atom stereocenters. The third kappa shape index (κ3) is 20.9. The van der Waals surface area contributed by atoms with Crippen LogP contribution in [0.5, 0.6) is 0 Å². The molecule has 29 heavy (non-hydrogen) atoms. The number of rotatable bonds is 20. The maximum Gasteiger partial charge on any atom is 0.147 e. The van der Waals surface area contributed by atoms with Crippen molar-refractivity contribution in [3.8, 4) is 0 Å². The van der Waals surface area contributed by atoms with Crippen LogP contribution < -0.4 is 0 Å². The van der Waals surface area contributed by atoms with Crippen LogP contribution in [0.4, 0.5) is 0 Å². The number of aliphatic hydroxyl groups excluding tert-OH is 1. The summed E-state index contributed by atoms with van der Waals surface area (Å²) < 4.78 is 28.2. The summed E-state index contributed by atoms with van der Waals surface area (Å²) in [5, 5.41) is 8.85. The van der Waals surface area contributed by atoms with E-state index in [1.54, 1.807) is 0 Å². The first-order valence-electron chi connectivity index (χ1n) is 11.8. The van der Waals surface area contributed by atoms with Gasteiger partial charge in [-0.15, -0.1) is 0 Å². The van der Waals surface area contributed by atoms with Crippen molar-refractivity contribution in [3.05, 3.63) is 0 Å². The Kier molecular flexibility index (Phi) is 15.6. The van der Waals surface area contributed by atoms with E-state index in [9.17, 15) is 8.42 Å². The highest BCUT2D eigenvalue weighted by Crippen LogP contribution is 2.30. The fourth-order valence-corrected chi connectivity index (χ4v) is 4.56. The summed E-state index contributed by atoms with van der Waals surface area (Å²) >= 11 is 0. The highest BCUT2D eigenvalue weighted by atomic mass is 32.2. The number of ether oxygens (including phenoxy) is 1. The number of sulfone groups is 1. The molecule has 0 aromatic carbocycles. The van der Waals surface area contributed by atoms with Gasteiger partial charge in [0.2, 0.25) is 0 Å². The molecule has 0 saturated heterocycles. The highest BCUT2D eigenvalue weighted by molar-refractivity contribution is 7.90. The maximum absolute atomic E-state index is 11.2. The smallest absolute Gasteiger partial charge is 0.147 e. The predicted molar refractivity (Wildman–Crippen MR) is 125 cm³/mol. The van der Waals surface area contributed by atoms with Gasteiger partial charge in [-0.2, -0.15) is 0 Å². The summed E-state index contributed by atoms with van der Waals surface area (Å²) in [6.07, 6.45) is 15.8. The minimum atomic E-state index is -2.82. The van der Waals surface area contributed by atoms with E-state index < -0.39 is 9.84 Å². The molecule has 0 aliphatic carbocycles. The van der Waals surface area contributed by atoms with Crippen molar-refractivity contribution in [2.75, 3.05) is 31.8 Å². The molecule has 0 amide bonds. The molecule has 0 bridgehead atoms. The SMILES string of the molecule is CC(C)(CCCCCO)CCCCOCCCCC(C)(C)CCCCS(C)(=O)=O. The topological polar surface area (TPSA) is 63.6 Å². The van der Waals surface area contributed by atoms with E-state index in [0.29, 0.717) is 23.2 Å². The molecule has 5 heteroatoms. The Bertz CT molecular complexity index is 483. The molecule has 0 aromatic rings. The number of unbranched alkanes of at least 4 members (excludes halogenated alkanes) is 5. The predicted octanol–water partition coefficient (Wildman–Crippen LogP) is 6.16. The number of hydrogen-bond donors (Lipinski definition) is 1. The lowest BCUT2D eigenvalue weighted by molar-refractivity contribution is 0.119. The minimum Gasteiger partial charge on any atom is -0.396 e. The van der Waals surface area contributed by atoms with Crippen LogP contribution in [0.1, 0.15) is 111 Å². The molecule has 0 saturated carbocycles. The summed E-state index contributed by atoms with van der Waals surface area (Å²) in [7, 11) is -2.82. The van der Waals surface area contributed by atoms with Crippen molar-refractivity contribution in [2.45, 2.75) is 111 Å². The third-order valence-corrected chi connectivity index (χ3v) is 6.95. The Hall–Kier alpha value is -0.130. The molecule has 1 N–H and O–H groups in total. The van der Waals surface area contributed by atoms with Crippen molar-refractivity contribution in [2.24, 2.45) is 10.8 Å². The fourth-order valence-electron chi connectivity index (χ4n) is 3.83. The Morgan fingerprint density at radius 2 is 1.07 bits per heavy atom. The second-order valence-electron chi connectivity index (χ2n) is 10.5. The summed E-state index contributed by atoms with van der Waals surface area (Å²) in [5.74, 6) is 0.317. The van der Waals surface area contributed by atoms with Crippen molar-refractivity contribution < 1.29 is 18.3 Å². The Labute approximate surface area is 182 Å². The van der Waals surface area contributed by atoms with E-state index in [1.165, 1.54) is 44.8 Å². The monoisotopic (exact) mass is 434 g/mol. The molecule has 0 fully saturated rings. The van der Waals surface area contributed by atoms with Crippen molar-refractivity contribution in [1.29, 1.82) is 0 Å². The van der Waals surface area contributed by atoms with Crippen LogP contribution in [0.15, 0.2) is 0 Å². The fraction of sp³-hybridized carbons (Fsp3) is 1.00. The molecule has 0 aliphatic rings. The summed E-state index contributed by atoms with van der Waals surface area (Å²) in [5.41, 5.74) is 0.697. The second-order valence-corrected chi connectivity index (χ2v) is 12.7. The molecule has 176 valence electrons. The molecule has 0 aliphatic heterocycles. The van der Waals surface area contributed by atoms with Gasteiger partial charge in [-0.25, -0.2) is 8.42 Å². The summed E-state index contributed by atoms with van der Waals surface area (Å²) in [6.45, 7) is 11.3. The van der Waals surface area contributed by atoms with Gasteiger partial charge >= 0.3 is 0 Å². The Balaban J connectivity index is 3.57. The molecular formula is C24H50O4S. The molecule has 0 spiro atoms. The highest BCUT2D eigenvalue weighted by Gasteiger charge is 2.18. The van der Waals surface area contributed by atoms with Crippen molar-refractivity contribution in [1.82, 2.24) is 0 Å². The van der Waals surface area contributed by atoms with Crippen LogP contribution in [0, 0.1) is 10.8 Å². The molecule has 0 rings (SSSR count). The summed E-state index contributed by atoms with van der Waals surface area (Å²) in [4.78, 5) is 0. The van der Waals surface area contributed by atoms with Crippen LogP contribution >= 0.6 is 0 Å². The average molecular weight is 435 g/mol. The van der Waals surface area contributed by atoms with E-state index in [4.69, 9.17) is 9.84 Å². The number of hydrogen-bond acceptors (Lipinski definition) is 4. The van der Waals surface area contributed by atoms with Crippen LogP contribution in [-0.2, 0) is 14.6 Å². The van der Waals surface area contributed by atoms with E-state index in [1.807, 2.05) is 0 Å². The van der Waals surface area contributed by atoms with Gasteiger partial charge in [-0.3, -0.25) is 0 Å². The van der Waals surface area contributed by atoms with Gasteiger partial charge in [0.1, 0.15) is 9.84 Å². The zero-order valence-electron chi connectivity index (χ0n) is 20.1. The van der Waals surface area contributed by atoms with Gasteiger partial charge in [0.05, 0.1) is 0 Å². The van der Waals surface area contributed by atoms with Crippen LogP contribution in [0.25, 0.3) is 0 Å². The molecule has 0 atom stereocenters. The van der Waals surface area contributed by atoms with Crippen LogP contribution in [-0.4, -0.2) is 45.4 Å². The molecule has 0 heterocycles. The first-order chi connectivity index (χ1) is 13.5. The van der Waals surface area contributed by atoms with Gasteiger partial charge in [-0.05, 0) is 62.2 Å². The molecule has 0 aromatic heterocycles. The third-order valence-electron chi connectivity index (χ3n) is 5.91. The van der Waals surface area contributed by atoms with Gasteiger partial charge in [0.15, 0.2) is 0 Å². The lowest BCUT2D eigenvalue weighted by Crippen LogP contribution is -2.13. The normalized spacial score (nSPS) is 13.2. The Morgan fingerprint density at radius 3 is 1.48 bits per heavy atom. The first kappa shape index (κ1) is 28.9.